The van der Waals surface area contributed by atoms with Crippen molar-refractivity contribution in [1.82, 2.24) is 4.98 Å². The number of nitrogens with zero attached hydrogens (tertiary/aromatic N) is 2. The van der Waals surface area contributed by atoms with E-state index in [4.69, 9.17) is 4.74 Å². The number of pyridine rings is 1. The zero-order valence-corrected chi connectivity index (χ0v) is 20.7. The van der Waals surface area contributed by atoms with Crippen molar-refractivity contribution >= 4 is 23.1 Å². The third-order valence-corrected chi connectivity index (χ3v) is 6.23. The van der Waals surface area contributed by atoms with Gasteiger partial charge in [0.25, 0.3) is 11.7 Å². The minimum atomic E-state index is -0.803. The zero-order valence-electron chi connectivity index (χ0n) is 20.7. The lowest BCUT2D eigenvalue weighted by Crippen LogP contribution is -2.29. The number of ether oxygens (including phenoxy) is 1. The molecule has 35 heavy (non-hydrogen) atoms. The molecule has 1 aliphatic rings. The molecule has 0 spiro atoms. The number of hydrogen-bond acceptors (Lipinski definition) is 5. The summed E-state index contributed by atoms with van der Waals surface area (Å²) >= 11 is 0. The Hall–Kier alpha value is -3.93. The average molecular weight is 471 g/mol. The lowest BCUT2D eigenvalue weighted by Gasteiger charge is -2.25. The molecular weight excluding hydrogens is 440 g/mol. The molecule has 6 heteroatoms. The fraction of sp³-hybridized carbons (Fsp3) is 0.276. The third kappa shape index (κ3) is 4.69. The summed E-state index contributed by atoms with van der Waals surface area (Å²) in [6.07, 6.45) is 3.25. The maximum absolute atomic E-state index is 13.3. The van der Waals surface area contributed by atoms with Crippen LogP contribution in [-0.4, -0.2) is 28.4 Å². The molecule has 4 rings (SSSR count). The van der Waals surface area contributed by atoms with Crippen molar-refractivity contribution in [2.24, 2.45) is 5.92 Å². The minimum absolute atomic E-state index is 0.0384. The second-order valence-corrected chi connectivity index (χ2v) is 9.41. The summed E-state index contributed by atoms with van der Waals surface area (Å²) in [5.41, 5.74) is 4.64. The Morgan fingerprint density at radius 3 is 2.43 bits per heavy atom. The van der Waals surface area contributed by atoms with Crippen LogP contribution in [0.4, 0.5) is 5.69 Å². The Balaban J connectivity index is 1.84. The van der Waals surface area contributed by atoms with Gasteiger partial charge in [-0.3, -0.25) is 19.5 Å². The van der Waals surface area contributed by atoms with Crippen LogP contribution in [0.15, 0.2) is 66.5 Å². The molecule has 2 aromatic carbocycles. The lowest BCUT2D eigenvalue weighted by atomic mass is 9.95. The number of benzene rings is 2. The number of carbonyl (C=O) groups is 2. The predicted molar refractivity (Wildman–Crippen MR) is 136 cm³/mol. The second-order valence-electron chi connectivity index (χ2n) is 9.41. The standard InChI is InChI=1S/C29H30N2O4/c1-17(2)16-35-24-11-9-21(13-20(24)5)27(32)25-26(22-7-6-12-30-15-22)31(29(34)28(25)33)23-10-8-18(3)19(4)14-23/h6-15,17,26,32H,16H2,1-5H3/b27-25+. The number of aryl methyl sites for hydroxylation is 3. The van der Waals surface area contributed by atoms with Crippen molar-refractivity contribution in [2.75, 3.05) is 11.5 Å². The van der Waals surface area contributed by atoms with E-state index in [-0.39, 0.29) is 11.3 Å². The molecule has 1 aliphatic heterocycles. The van der Waals surface area contributed by atoms with E-state index in [1.165, 1.54) is 4.90 Å². The van der Waals surface area contributed by atoms with Gasteiger partial charge >= 0.3 is 0 Å². The number of Topliss-reactive ketones (excluding diaryl/α,β-unsaturated/α-hetero) is 1. The maximum Gasteiger partial charge on any atom is 0.300 e. The Kier molecular flexibility index (Phi) is 6.74. The summed E-state index contributed by atoms with van der Waals surface area (Å²) in [5, 5.41) is 11.4. The Bertz CT molecular complexity index is 1310. The van der Waals surface area contributed by atoms with Crippen LogP contribution in [0.25, 0.3) is 5.76 Å². The van der Waals surface area contributed by atoms with Gasteiger partial charge in [0.15, 0.2) is 0 Å². The van der Waals surface area contributed by atoms with Gasteiger partial charge in [-0.25, -0.2) is 0 Å². The van der Waals surface area contributed by atoms with Gasteiger partial charge in [-0.15, -0.1) is 0 Å². The van der Waals surface area contributed by atoms with Crippen LogP contribution < -0.4 is 9.64 Å². The normalized spacial score (nSPS) is 17.3. The number of carbonyl (C=O) groups excluding carboxylic acids is 2. The van der Waals surface area contributed by atoms with E-state index in [0.717, 1.165) is 22.4 Å². The molecule has 1 unspecified atom stereocenters. The lowest BCUT2D eigenvalue weighted by molar-refractivity contribution is -0.132. The fourth-order valence-electron chi connectivity index (χ4n) is 4.20. The van der Waals surface area contributed by atoms with Crippen LogP contribution in [-0.2, 0) is 9.59 Å². The van der Waals surface area contributed by atoms with E-state index in [9.17, 15) is 14.7 Å². The summed E-state index contributed by atoms with van der Waals surface area (Å²) in [7, 11) is 0. The second kappa shape index (κ2) is 9.74. The molecule has 0 aliphatic carbocycles. The topological polar surface area (TPSA) is 79.7 Å². The van der Waals surface area contributed by atoms with E-state index in [2.05, 4.69) is 18.8 Å². The number of anilines is 1. The number of rotatable bonds is 6. The summed E-state index contributed by atoms with van der Waals surface area (Å²) in [5.74, 6) is -0.537. The quantitative estimate of drug-likeness (QED) is 0.285. The Morgan fingerprint density at radius 2 is 1.80 bits per heavy atom. The molecule has 1 amide bonds. The summed E-state index contributed by atoms with van der Waals surface area (Å²) in [6.45, 7) is 10.6. The molecule has 1 N–H and O–H groups in total. The van der Waals surface area contributed by atoms with Crippen LogP contribution in [0.5, 0.6) is 5.75 Å². The Labute approximate surface area is 205 Å². The predicted octanol–water partition coefficient (Wildman–Crippen LogP) is 5.67. The van der Waals surface area contributed by atoms with Crippen molar-refractivity contribution in [3.05, 3.63) is 94.3 Å². The molecule has 3 aromatic rings. The largest absolute Gasteiger partial charge is 0.507 e. The van der Waals surface area contributed by atoms with Gasteiger partial charge < -0.3 is 9.84 Å². The summed E-state index contributed by atoms with van der Waals surface area (Å²) < 4.78 is 5.85. The highest BCUT2D eigenvalue weighted by Gasteiger charge is 2.47. The monoisotopic (exact) mass is 470 g/mol. The average Bonchev–Trinajstić information content (AvgIpc) is 3.10. The van der Waals surface area contributed by atoms with Crippen molar-refractivity contribution in [2.45, 2.75) is 40.7 Å². The highest BCUT2D eigenvalue weighted by Crippen LogP contribution is 2.42. The molecule has 1 fully saturated rings. The van der Waals surface area contributed by atoms with Gasteiger partial charge in [-0.1, -0.05) is 26.0 Å². The fourth-order valence-corrected chi connectivity index (χ4v) is 4.20. The van der Waals surface area contributed by atoms with Gasteiger partial charge in [-0.2, -0.15) is 0 Å². The zero-order chi connectivity index (χ0) is 25.3. The minimum Gasteiger partial charge on any atom is -0.507 e. The summed E-state index contributed by atoms with van der Waals surface area (Å²) in [4.78, 5) is 32.3. The number of amides is 1. The number of ketones is 1. The van der Waals surface area contributed by atoms with Gasteiger partial charge in [0.2, 0.25) is 0 Å². The molecule has 0 saturated carbocycles. The first-order valence-electron chi connectivity index (χ1n) is 11.7. The van der Waals surface area contributed by atoms with E-state index < -0.39 is 17.7 Å². The first-order valence-corrected chi connectivity index (χ1v) is 11.7. The molecular formula is C29H30N2O4. The van der Waals surface area contributed by atoms with Gasteiger partial charge in [-0.05, 0) is 85.3 Å². The number of aliphatic hydroxyl groups is 1. The van der Waals surface area contributed by atoms with E-state index in [1.807, 2.05) is 39.0 Å². The van der Waals surface area contributed by atoms with Crippen molar-refractivity contribution < 1.29 is 19.4 Å². The van der Waals surface area contributed by atoms with Gasteiger partial charge in [0, 0.05) is 23.6 Å². The number of hydrogen-bond donors (Lipinski definition) is 1. The molecule has 0 radical (unpaired) electrons. The van der Waals surface area contributed by atoms with Crippen LogP contribution in [0.1, 0.15) is 47.7 Å². The van der Waals surface area contributed by atoms with Crippen LogP contribution in [0.2, 0.25) is 0 Å². The molecule has 0 bridgehead atoms. The van der Waals surface area contributed by atoms with Crippen molar-refractivity contribution in [3.63, 3.8) is 0 Å². The van der Waals surface area contributed by atoms with Crippen LogP contribution in [0, 0.1) is 26.7 Å². The van der Waals surface area contributed by atoms with Crippen molar-refractivity contribution in [1.29, 1.82) is 0 Å². The van der Waals surface area contributed by atoms with Crippen LogP contribution >= 0.6 is 0 Å². The van der Waals surface area contributed by atoms with E-state index >= 15 is 0 Å². The molecule has 1 aromatic heterocycles. The smallest absolute Gasteiger partial charge is 0.300 e. The maximum atomic E-state index is 13.3. The van der Waals surface area contributed by atoms with Gasteiger partial charge in [0.1, 0.15) is 11.5 Å². The molecule has 180 valence electrons. The first-order chi connectivity index (χ1) is 16.7. The molecule has 6 nitrogen and oxygen atoms in total. The summed E-state index contributed by atoms with van der Waals surface area (Å²) in [6, 6.07) is 13.6. The number of aromatic nitrogens is 1. The van der Waals surface area contributed by atoms with Gasteiger partial charge in [0.05, 0.1) is 18.2 Å². The number of aliphatic hydroxyl groups excluding tert-OH is 1. The van der Waals surface area contributed by atoms with E-state index in [0.29, 0.717) is 29.3 Å². The SMILES string of the molecule is Cc1ccc(N2C(=O)C(=O)/C(=C(/O)c3ccc(OCC(C)C)c(C)c3)C2c2cccnc2)cc1C. The van der Waals surface area contributed by atoms with Crippen molar-refractivity contribution in [3.8, 4) is 5.75 Å². The van der Waals surface area contributed by atoms with E-state index in [1.54, 1.807) is 42.7 Å². The molecule has 1 atom stereocenters. The molecule has 2 heterocycles. The molecule has 1 saturated heterocycles. The van der Waals surface area contributed by atoms with Crippen LogP contribution in [0.3, 0.4) is 0 Å². The third-order valence-electron chi connectivity index (χ3n) is 6.23. The highest BCUT2D eigenvalue weighted by atomic mass is 16.5. The highest BCUT2D eigenvalue weighted by molar-refractivity contribution is 6.51. The Morgan fingerprint density at radius 1 is 1.03 bits per heavy atom. The first kappa shape index (κ1) is 24.2.